The Labute approximate surface area is 119 Å². The largest absolute Gasteiger partial charge is 0.356 e. The number of hydrogen-bond donors (Lipinski definition) is 2. The fraction of sp³-hybridized carbons (Fsp3) is 0.533. The Morgan fingerprint density at radius 3 is 3.11 bits per heavy atom. The molecule has 2 rings (SSSR count). The van der Waals surface area contributed by atoms with Crippen LogP contribution in [0.1, 0.15) is 25.3 Å². The minimum absolute atomic E-state index is 0.163. The van der Waals surface area contributed by atoms with Crippen LogP contribution in [0.15, 0.2) is 24.3 Å². The number of halogens is 1. The molecule has 1 aromatic carbocycles. The Morgan fingerprint density at radius 1 is 1.53 bits per heavy atom. The molecule has 19 heavy (non-hydrogen) atoms. The van der Waals surface area contributed by atoms with E-state index in [1.54, 1.807) is 0 Å². The number of nitrogens with one attached hydrogen (secondary N) is 2. The summed E-state index contributed by atoms with van der Waals surface area (Å²) in [7, 11) is 0. The molecule has 1 aromatic rings. The summed E-state index contributed by atoms with van der Waals surface area (Å²) < 4.78 is 0. The van der Waals surface area contributed by atoms with Crippen molar-refractivity contribution < 1.29 is 4.79 Å². The number of hydrogen-bond acceptors (Lipinski definition) is 2. The number of piperidine rings is 1. The second kappa shape index (κ2) is 6.92. The predicted octanol–water partition coefficient (Wildman–Crippen LogP) is 2.39. The van der Waals surface area contributed by atoms with Crippen LogP contribution < -0.4 is 10.6 Å². The van der Waals surface area contributed by atoms with Crippen LogP contribution in [0.4, 0.5) is 0 Å². The molecular formula is C15H21ClN2O. The Kier molecular flexibility index (Phi) is 5.23. The number of carbonyl (C=O) groups excluding carboxylic acids is 1. The topological polar surface area (TPSA) is 41.1 Å². The smallest absolute Gasteiger partial charge is 0.223 e. The minimum Gasteiger partial charge on any atom is -0.356 e. The van der Waals surface area contributed by atoms with Crippen molar-refractivity contribution in [2.45, 2.75) is 32.2 Å². The molecule has 1 aliphatic heterocycles. The van der Waals surface area contributed by atoms with Gasteiger partial charge in [-0.1, -0.05) is 23.7 Å². The molecule has 4 heteroatoms. The molecule has 0 spiro atoms. The monoisotopic (exact) mass is 280 g/mol. The van der Waals surface area contributed by atoms with Crippen molar-refractivity contribution in [2.24, 2.45) is 5.92 Å². The first-order chi connectivity index (χ1) is 9.15. The number of carbonyl (C=O) groups is 1. The van der Waals surface area contributed by atoms with Crippen LogP contribution in [0, 0.1) is 5.92 Å². The molecule has 1 aliphatic rings. The van der Waals surface area contributed by atoms with Gasteiger partial charge in [-0.25, -0.2) is 0 Å². The molecular weight excluding hydrogens is 260 g/mol. The van der Waals surface area contributed by atoms with Crippen LogP contribution in [0.3, 0.4) is 0 Å². The third-order valence-electron chi connectivity index (χ3n) is 3.60. The molecule has 0 aliphatic carbocycles. The van der Waals surface area contributed by atoms with E-state index in [0.29, 0.717) is 12.6 Å². The maximum atomic E-state index is 12.0. The van der Waals surface area contributed by atoms with Gasteiger partial charge in [0.15, 0.2) is 0 Å². The van der Waals surface area contributed by atoms with Crippen molar-refractivity contribution >= 4 is 17.5 Å². The molecule has 0 unspecified atom stereocenters. The van der Waals surface area contributed by atoms with Gasteiger partial charge in [-0.15, -0.1) is 0 Å². The molecule has 3 nitrogen and oxygen atoms in total. The van der Waals surface area contributed by atoms with E-state index in [1.165, 1.54) is 0 Å². The van der Waals surface area contributed by atoms with Gasteiger partial charge in [0.2, 0.25) is 5.91 Å². The van der Waals surface area contributed by atoms with Gasteiger partial charge in [0, 0.05) is 23.5 Å². The lowest BCUT2D eigenvalue weighted by molar-refractivity contribution is -0.126. The first kappa shape index (κ1) is 14.4. The zero-order valence-corrected chi connectivity index (χ0v) is 12.0. The number of rotatable bonds is 4. The zero-order chi connectivity index (χ0) is 13.7. The summed E-state index contributed by atoms with van der Waals surface area (Å²) >= 11 is 5.93. The second-order valence-electron chi connectivity index (χ2n) is 5.25. The van der Waals surface area contributed by atoms with Crippen LogP contribution in [0.25, 0.3) is 0 Å². The van der Waals surface area contributed by atoms with E-state index in [0.717, 1.165) is 36.4 Å². The molecule has 2 atom stereocenters. The molecule has 2 N–H and O–H groups in total. The average Bonchev–Trinajstić information content (AvgIpc) is 2.38. The maximum absolute atomic E-state index is 12.0. The molecule has 0 radical (unpaired) electrons. The Hall–Kier alpha value is -1.06. The lowest BCUT2D eigenvalue weighted by Crippen LogP contribution is -2.42. The summed E-state index contributed by atoms with van der Waals surface area (Å²) in [5, 5.41) is 7.14. The van der Waals surface area contributed by atoms with E-state index in [9.17, 15) is 4.79 Å². The lowest BCUT2D eigenvalue weighted by atomic mass is 9.92. The average molecular weight is 281 g/mol. The molecule has 0 bridgehead atoms. The first-order valence-electron chi connectivity index (χ1n) is 6.90. The van der Waals surface area contributed by atoms with Crippen molar-refractivity contribution in [2.75, 3.05) is 13.1 Å². The van der Waals surface area contributed by atoms with Gasteiger partial charge >= 0.3 is 0 Å². The van der Waals surface area contributed by atoms with E-state index < -0.39 is 0 Å². The van der Waals surface area contributed by atoms with Gasteiger partial charge in [0.05, 0.1) is 0 Å². The Bertz CT molecular complexity index is 436. The zero-order valence-electron chi connectivity index (χ0n) is 11.3. The van der Waals surface area contributed by atoms with E-state index in [1.807, 2.05) is 24.3 Å². The lowest BCUT2D eigenvalue weighted by Gasteiger charge is -2.27. The summed E-state index contributed by atoms with van der Waals surface area (Å²) in [4.78, 5) is 12.0. The van der Waals surface area contributed by atoms with E-state index in [4.69, 9.17) is 11.6 Å². The summed E-state index contributed by atoms with van der Waals surface area (Å²) in [6.45, 7) is 3.75. The van der Waals surface area contributed by atoms with Gasteiger partial charge in [0.25, 0.3) is 0 Å². The van der Waals surface area contributed by atoms with Gasteiger partial charge < -0.3 is 10.6 Å². The van der Waals surface area contributed by atoms with Gasteiger partial charge in [-0.05, 0) is 50.4 Å². The Balaban J connectivity index is 1.74. The van der Waals surface area contributed by atoms with Gasteiger partial charge in [-0.3, -0.25) is 4.79 Å². The SMILES string of the molecule is C[C@H]1C[C@@H](C(=O)NCCc2cccc(Cl)c2)CCN1. The van der Waals surface area contributed by atoms with E-state index in [2.05, 4.69) is 17.6 Å². The molecule has 1 amide bonds. The number of amides is 1. The van der Waals surface area contributed by atoms with Crippen molar-refractivity contribution in [3.63, 3.8) is 0 Å². The molecule has 1 saturated heterocycles. The third-order valence-corrected chi connectivity index (χ3v) is 3.83. The quantitative estimate of drug-likeness (QED) is 0.889. The maximum Gasteiger partial charge on any atom is 0.223 e. The molecule has 104 valence electrons. The van der Waals surface area contributed by atoms with Crippen LogP contribution in [-0.2, 0) is 11.2 Å². The van der Waals surface area contributed by atoms with Crippen molar-refractivity contribution in [1.29, 1.82) is 0 Å². The Morgan fingerprint density at radius 2 is 2.37 bits per heavy atom. The first-order valence-corrected chi connectivity index (χ1v) is 7.28. The summed E-state index contributed by atoms with van der Waals surface area (Å²) in [6, 6.07) is 8.22. The number of benzene rings is 1. The van der Waals surface area contributed by atoms with E-state index in [-0.39, 0.29) is 11.8 Å². The van der Waals surface area contributed by atoms with Crippen LogP contribution >= 0.6 is 11.6 Å². The minimum atomic E-state index is 0.163. The highest BCUT2D eigenvalue weighted by molar-refractivity contribution is 6.30. The van der Waals surface area contributed by atoms with Crippen LogP contribution in [-0.4, -0.2) is 25.0 Å². The molecule has 1 fully saturated rings. The highest BCUT2D eigenvalue weighted by Crippen LogP contribution is 2.16. The normalized spacial score (nSPS) is 23.1. The molecule has 1 heterocycles. The summed E-state index contributed by atoms with van der Waals surface area (Å²) in [5.74, 6) is 0.353. The molecule has 0 aromatic heterocycles. The fourth-order valence-corrected chi connectivity index (χ4v) is 2.75. The molecule has 0 saturated carbocycles. The fourth-order valence-electron chi connectivity index (χ4n) is 2.54. The van der Waals surface area contributed by atoms with Crippen LogP contribution in [0.2, 0.25) is 5.02 Å². The summed E-state index contributed by atoms with van der Waals surface area (Å²) in [6.07, 6.45) is 2.70. The highest BCUT2D eigenvalue weighted by Gasteiger charge is 2.24. The van der Waals surface area contributed by atoms with Crippen molar-refractivity contribution in [1.82, 2.24) is 10.6 Å². The predicted molar refractivity (Wildman–Crippen MR) is 78.4 cm³/mol. The highest BCUT2D eigenvalue weighted by atomic mass is 35.5. The van der Waals surface area contributed by atoms with E-state index >= 15 is 0 Å². The van der Waals surface area contributed by atoms with Gasteiger partial charge in [-0.2, -0.15) is 0 Å². The van der Waals surface area contributed by atoms with Gasteiger partial charge in [0.1, 0.15) is 0 Å². The third kappa shape index (κ3) is 4.51. The second-order valence-corrected chi connectivity index (χ2v) is 5.68. The van der Waals surface area contributed by atoms with Crippen LogP contribution in [0.5, 0.6) is 0 Å². The van der Waals surface area contributed by atoms with Crippen molar-refractivity contribution in [3.05, 3.63) is 34.9 Å². The standard InChI is InChI=1S/C15H21ClN2O/c1-11-9-13(6-8-17-11)15(19)18-7-5-12-3-2-4-14(16)10-12/h2-4,10-11,13,17H,5-9H2,1H3,(H,18,19)/t11-,13-/m0/s1. The summed E-state index contributed by atoms with van der Waals surface area (Å²) in [5.41, 5.74) is 1.16. The van der Waals surface area contributed by atoms with Crippen molar-refractivity contribution in [3.8, 4) is 0 Å².